The van der Waals surface area contributed by atoms with Crippen LogP contribution in [0.2, 0.25) is 0 Å². The van der Waals surface area contributed by atoms with Gasteiger partial charge in [0.2, 0.25) is 6.79 Å². The molecule has 27 heavy (non-hydrogen) atoms. The van der Waals surface area contributed by atoms with Gasteiger partial charge in [-0.3, -0.25) is 0 Å². The van der Waals surface area contributed by atoms with Gasteiger partial charge in [-0.05, 0) is 49.8 Å². The highest BCUT2D eigenvalue weighted by molar-refractivity contribution is 5.95. The van der Waals surface area contributed by atoms with E-state index in [0.29, 0.717) is 28.7 Å². The third kappa shape index (κ3) is 3.59. The molecule has 1 fully saturated rings. The van der Waals surface area contributed by atoms with Crippen molar-refractivity contribution in [2.45, 2.75) is 51.7 Å². The van der Waals surface area contributed by atoms with Crippen LogP contribution >= 0.6 is 0 Å². The van der Waals surface area contributed by atoms with E-state index in [9.17, 15) is 9.59 Å². The number of allylic oxidation sites excluding steroid dienone is 1. The Balaban J connectivity index is 1.60. The van der Waals surface area contributed by atoms with E-state index in [4.69, 9.17) is 14.2 Å². The summed E-state index contributed by atoms with van der Waals surface area (Å²) in [4.78, 5) is 25.0. The molecule has 4 rings (SSSR count). The first-order valence-corrected chi connectivity index (χ1v) is 9.40. The predicted octanol–water partition coefficient (Wildman–Crippen LogP) is 3.17. The van der Waals surface area contributed by atoms with Gasteiger partial charge in [0.05, 0.1) is 11.6 Å². The Labute approximate surface area is 158 Å². The average molecular weight is 372 g/mol. The van der Waals surface area contributed by atoms with Crippen molar-refractivity contribution < 1.29 is 23.8 Å². The van der Waals surface area contributed by atoms with Gasteiger partial charge in [-0.2, -0.15) is 0 Å². The molecule has 7 heteroatoms. The van der Waals surface area contributed by atoms with Gasteiger partial charge in [0.15, 0.2) is 11.5 Å². The fraction of sp³-hybridized carbons (Fsp3) is 0.500. The summed E-state index contributed by atoms with van der Waals surface area (Å²) in [5.41, 5.74) is 1.68. The molecule has 0 aromatic heterocycles. The lowest BCUT2D eigenvalue weighted by atomic mass is 9.88. The van der Waals surface area contributed by atoms with Crippen LogP contribution in [0.1, 0.15) is 51.1 Å². The van der Waals surface area contributed by atoms with E-state index in [1.165, 1.54) is 6.42 Å². The third-order valence-electron chi connectivity index (χ3n) is 5.38. The van der Waals surface area contributed by atoms with E-state index in [0.717, 1.165) is 24.8 Å². The maximum absolute atomic E-state index is 13.0. The molecule has 1 aliphatic carbocycles. The molecule has 1 aromatic carbocycles. The number of amides is 2. The van der Waals surface area contributed by atoms with E-state index < -0.39 is 6.04 Å². The number of ether oxygens (including phenoxy) is 3. The molecule has 3 atom stereocenters. The van der Waals surface area contributed by atoms with Crippen molar-refractivity contribution in [3.63, 3.8) is 0 Å². The Morgan fingerprint density at radius 3 is 2.85 bits per heavy atom. The number of benzene rings is 1. The summed E-state index contributed by atoms with van der Waals surface area (Å²) < 4.78 is 16.6. The van der Waals surface area contributed by atoms with Gasteiger partial charge in [-0.1, -0.05) is 19.4 Å². The lowest BCUT2D eigenvalue weighted by Gasteiger charge is -2.31. The molecular weight excluding hydrogens is 348 g/mol. The minimum absolute atomic E-state index is 0.0726. The SMILES string of the molecule is CC1=C(C(=O)O[C@@H]2CCC[C@@H](C)C2)[C@@H](c2ccc3c(c2)OCO3)NC(=O)N1. The Kier molecular flexibility index (Phi) is 4.68. The number of hydrogen-bond acceptors (Lipinski definition) is 5. The van der Waals surface area contributed by atoms with Gasteiger partial charge in [0, 0.05) is 5.70 Å². The zero-order valence-corrected chi connectivity index (χ0v) is 15.5. The number of carbonyl (C=O) groups excluding carboxylic acids is 2. The second kappa shape index (κ2) is 7.13. The van der Waals surface area contributed by atoms with Crippen molar-refractivity contribution in [2.75, 3.05) is 6.79 Å². The third-order valence-corrected chi connectivity index (χ3v) is 5.38. The number of carbonyl (C=O) groups is 2. The minimum Gasteiger partial charge on any atom is -0.459 e. The predicted molar refractivity (Wildman–Crippen MR) is 97.2 cm³/mol. The lowest BCUT2D eigenvalue weighted by molar-refractivity contribution is -0.146. The van der Waals surface area contributed by atoms with E-state index in [1.807, 2.05) is 6.07 Å². The maximum Gasteiger partial charge on any atom is 0.338 e. The van der Waals surface area contributed by atoms with Crippen LogP contribution in [0.25, 0.3) is 0 Å². The molecule has 0 spiro atoms. The molecule has 0 saturated heterocycles. The number of urea groups is 1. The molecule has 144 valence electrons. The van der Waals surface area contributed by atoms with Crippen LogP contribution in [0.5, 0.6) is 11.5 Å². The van der Waals surface area contributed by atoms with Crippen LogP contribution < -0.4 is 20.1 Å². The normalized spacial score (nSPS) is 27.0. The lowest BCUT2D eigenvalue weighted by Crippen LogP contribution is -2.45. The highest BCUT2D eigenvalue weighted by Gasteiger charge is 2.34. The van der Waals surface area contributed by atoms with E-state index >= 15 is 0 Å². The number of fused-ring (bicyclic) bond motifs is 1. The summed E-state index contributed by atoms with van der Waals surface area (Å²) >= 11 is 0. The van der Waals surface area contributed by atoms with Crippen LogP contribution in [0, 0.1) is 5.92 Å². The van der Waals surface area contributed by atoms with Crippen LogP contribution in [0.4, 0.5) is 4.79 Å². The molecule has 2 amide bonds. The molecule has 1 aromatic rings. The number of rotatable bonds is 3. The van der Waals surface area contributed by atoms with Crippen molar-refractivity contribution in [1.29, 1.82) is 0 Å². The zero-order chi connectivity index (χ0) is 19.0. The van der Waals surface area contributed by atoms with Crippen LogP contribution in [0.15, 0.2) is 29.5 Å². The summed E-state index contributed by atoms with van der Waals surface area (Å²) in [6.45, 7) is 4.07. The first-order valence-electron chi connectivity index (χ1n) is 9.40. The number of hydrogen-bond donors (Lipinski definition) is 2. The quantitative estimate of drug-likeness (QED) is 0.796. The summed E-state index contributed by atoms with van der Waals surface area (Å²) in [6.07, 6.45) is 3.94. The van der Waals surface area contributed by atoms with Crippen molar-refractivity contribution in [3.05, 3.63) is 35.0 Å². The molecular formula is C20H24N2O5. The molecule has 2 heterocycles. The average Bonchev–Trinajstić information content (AvgIpc) is 3.08. The number of esters is 1. The standard InChI is InChI=1S/C20H24N2O5/c1-11-4-3-5-14(8-11)27-19(23)17-12(2)21-20(24)22-18(17)13-6-7-15-16(9-13)26-10-25-15/h6-7,9,11,14,18H,3-5,8,10H2,1-2H3,(H2,21,22,24)/t11-,14-,18-/m1/s1. The van der Waals surface area contributed by atoms with Crippen molar-refractivity contribution in [3.8, 4) is 11.5 Å². The Morgan fingerprint density at radius 2 is 2.04 bits per heavy atom. The van der Waals surface area contributed by atoms with Gasteiger partial charge in [-0.15, -0.1) is 0 Å². The summed E-state index contributed by atoms with van der Waals surface area (Å²) in [6, 6.07) is 4.46. The summed E-state index contributed by atoms with van der Waals surface area (Å²) in [5.74, 6) is 1.43. The highest BCUT2D eigenvalue weighted by Crippen LogP contribution is 2.37. The van der Waals surface area contributed by atoms with Gasteiger partial charge in [-0.25, -0.2) is 9.59 Å². The molecule has 2 N–H and O–H groups in total. The van der Waals surface area contributed by atoms with E-state index in [2.05, 4.69) is 17.6 Å². The Bertz CT molecular complexity index is 804. The second-order valence-corrected chi connectivity index (χ2v) is 7.48. The van der Waals surface area contributed by atoms with Crippen molar-refractivity contribution in [1.82, 2.24) is 10.6 Å². The maximum atomic E-state index is 13.0. The first kappa shape index (κ1) is 17.7. The Hall–Kier alpha value is -2.70. The van der Waals surface area contributed by atoms with E-state index in [1.54, 1.807) is 19.1 Å². The van der Waals surface area contributed by atoms with Gasteiger partial charge in [0.25, 0.3) is 0 Å². The van der Waals surface area contributed by atoms with Crippen molar-refractivity contribution >= 4 is 12.0 Å². The molecule has 0 unspecified atom stereocenters. The molecule has 2 aliphatic heterocycles. The largest absolute Gasteiger partial charge is 0.459 e. The first-order chi connectivity index (χ1) is 13.0. The molecule has 7 nitrogen and oxygen atoms in total. The zero-order valence-electron chi connectivity index (χ0n) is 15.5. The fourth-order valence-corrected chi connectivity index (χ4v) is 4.01. The topological polar surface area (TPSA) is 85.9 Å². The summed E-state index contributed by atoms with van der Waals surface area (Å²) in [7, 11) is 0. The highest BCUT2D eigenvalue weighted by atomic mass is 16.7. The minimum atomic E-state index is -0.596. The van der Waals surface area contributed by atoms with Gasteiger partial charge >= 0.3 is 12.0 Å². The van der Waals surface area contributed by atoms with Crippen LogP contribution in [0.3, 0.4) is 0 Å². The van der Waals surface area contributed by atoms with Crippen LogP contribution in [-0.2, 0) is 9.53 Å². The monoisotopic (exact) mass is 372 g/mol. The van der Waals surface area contributed by atoms with Gasteiger partial charge < -0.3 is 24.8 Å². The second-order valence-electron chi connectivity index (χ2n) is 7.48. The van der Waals surface area contributed by atoms with Crippen molar-refractivity contribution in [2.24, 2.45) is 5.92 Å². The fourth-order valence-electron chi connectivity index (χ4n) is 4.01. The molecule has 0 radical (unpaired) electrons. The van der Waals surface area contributed by atoms with Crippen LogP contribution in [-0.4, -0.2) is 24.9 Å². The summed E-state index contributed by atoms with van der Waals surface area (Å²) in [5, 5.41) is 5.51. The molecule has 3 aliphatic rings. The van der Waals surface area contributed by atoms with Gasteiger partial charge in [0.1, 0.15) is 6.10 Å². The molecule has 1 saturated carbocycles. The smallest absolute Gasteiger partial charge is 0.338 e. The van der Waals surface area contributed by atoms with E-state index in [-0.39, 0.29) is 24.9 Å². The Morgan fingerprint density at radius 1 is 1.22 bits per heavy atom. The molecule has 0 bridgehead atoms. The number of nitrogens with one attached hydrogen (secondary N) is 2.